The van der Waals surface area contributed by atoms with Crippen molar-refractivity contribution in [2.24, 2.45) is 17.6 Å². The van der Waals surface area contributed by atoms with Gasteiger partial charge in [-0.15, -0.1) is 11.3 Å². The minimum Gasteiger partial charge on any atom is -0.353 e. The van der Waals surface area contributed by atoms with Gasteiger partial charge in [0, 0.05) is 38.8 Å². The number of carbonyl (C=O) groups excluding carboxylic acids is 2. The van der Waals surface area contributed by atoms with Crippen molar-refractivity contribution in [3.8, 4) is 0 Å². The summed E-state index contributed by atoms with van der Waals surface area (Å²) < 4.78 is 0. The van der Waals surface area contributed by atoms with Gasteiger partial charge in [0.1, 0.15) is 6.04 Å². The highest BCUT2D eigenvalue weighted by Gasteiger charge is 2.38. The molecule has 1 aromatic rings. The van der Waals surface area contributed by atoms with E-state index in [1.807, 2.05) is 17.5 Å². The maximum Gasteiger partial charge on any atom is 0.264 e. The maximum atomic E-state index is 13.0. The molecule has 0 bridgehead atoms. The lowest BCUT2D eigenvalue weighted by Crippen LogP contribution is -2.58. The number of hydrogen-bond donors (Lipinski definition) is 2. The molecule has 2 amide bonds. The normalized spacial score (nSPS) is 20.2. The number of piperidine rings is 1. The van der Waals surface area contributed by atoms with Gasteiger partial charge >= 0.3 is 0 Å². The van der Waals surface area contributed by atoms with Crippen molar-refractivity contribution < 1.29 is 9.59 Å². The molecule has 6 nitrogen and oxygen atoms in total. The fourth-order valence-electron chi connectivity index (χ4n) is 3.94. The Morgan fingerprint density at radius 2 is 1.96 bits per heavy atom. The summed E-state index contributed by atoms with van der Waals surface area (Å²) in [5.74, 6) is 0.998. The average Bonchev–Trinajstić information content (AvgIpc) is 3.18. The molecule has 7 heteroatoms. The summed E-state index contributed by atoms with van der Waals surface area (Å²) in [5.41, 5.74) is 5.56. The number of rotatable bonds is 9. The van der Waals surface area contributed by atoms with Gasteiger partial charge in [0.05, 0.1) is 4.88 Å². The largest absolute Gasteiger partial charge is 0.353 e. The molecule has 2 rings (SSSR count). The number of nitrogens with one attached hydrogen (secondary N) is 1. The summed E-state index contributed by atoms with van der Waals surface area (Å²) in [6.07, 6.45) is 1.57. The summed E-state index contributed by atoms with van der Waals surface area (Å²) >= 11 is 1.43. The van der Waals surface area contributed by atoms with Crippen LogP contribution in [0.25, 0.3) is 0 Å². The standard InChI is InChI=1S/C21H36N4O2S/c1-15(2)13-24(14-16(3)4)17-7-10-25(21(27)19-6-5-11-28-19)18(12-17)20(26)23-9-8-22/h5-6,11,15-18H,7-10,12-14,22H2,1-4H3,(H,23,26)/t17?,18-/m1/s1. The van der Waals surface area contributed by atoms with Crippen LogP contribution in [-0.2, 0) is 4.79 Å². The highest BCUT2D eigenvalue weighted by molar-refractivity contribution is 7.12. The number of likely N-dealkylation sites (tertiary alicyclic amines) is 1. The molecule has 1 aliphatic heterocycles. The monoisotopic (exact) mass is 408 g/mol. The van der Waals surface area contributed by atoms with E-state index in [-0.39, 0.29) is 11.8 Å². The van der Waals surface area contributed by atoms with Crippen LogP contribution in [0, 0.1) is 11.8 Å². The highest BCUT2D eigenvalue weighted by atomic mass is 32.1. The van der Waals surface area contributed by atoms with Crippen LogP contribution in [-0.4, -0.2) is 66.4 Å². The number of amides is 2. The summed E-state index contributed by atoms with van der Waals surface area (Å²) in [5, 5.41) is 4.80. The number of nitrogens with two attached hydrogens (primary N) is 1. The van der Waals surface area contributed by atoms with Gasteiger partial charge in [0.15, 0.2) is 0 Å². The minimum atomic E-state index is -0.443. The molecule has 0 aromatic carbocycles. The first kappa shape index (κ1) is 22.8. The van der Waals surface area contributed by atoms with E-state index in [2.05, 4.69) is 37.9 Å². The lowest BCUT2D eigenvalue weighted by Gasteiger charge is -2.43. The van der Waals surface area contributed by atoms with Crippen LogP contribution in [0.2, 0.25) is 0 Å². The number of thiophene rings is 1. The Hall–Kier alpha value is -1.44. The van der Waals surface area contributed by atoms with E-state index in [0.717, 1.165) is 19.5 Å². The molecule has 1 aliphatic rings. The molecule has 1 saturated heterocycles. The topological polar surface area (TPSA) is 78.7 Å². The Bertz CT molecular complexity index is 608. The third-order valence-corrected chi connectivity index (χ3v) is 5.89. The molecule has 2 heterocycles. The van der Waals surface area contributed by atoms with Gasteiger partial charge in [0.25, 0.3) is 5.91 Å². The summed E-state index contributed by atoms with van der Waals surface area (Å²) in [7, 11) is 0. The van der Waals surface area contributed by atoms with E-state index in [1.54, 1.807) is 4.90 Å². The molecule has 0 aliphatic carbocycles. The Morgan fingerprint density at radius 1 is 1.29 bits per heavy atom. The second-order valence-corrected chi connectivity index (χ2v) is 9.44. The molecule has 1 aromatic heterocycles. The molecule has 158 valence electrons. The predicted molar refractivity (Wildman–Crippen MR) is 115 cm³/mol. The number of hydrogen-bond acceptors (Lipinski definition) is 5. The van der Waals surface area contributed by atoms with Gasteiger partial charge in [-0.3, -0.25) is 14.5 Å². The predicted octanol–water partition coefficient (Wildman–Crippen LogP) is 2.41. The van der Waals surface area contributed by atoms with Crippen LogP contribution in [0.4, 0.5) is 0 Å². The van der Waals surface area contributed by atoms with Gasteiger partial charge in [-0.25, -0.2) is 0 Å². The number of carbonyl (C=O) groups is 2. The molecule has 28 heavy (non-hydrogen) atoms. The molecule has 0 radical (unpaired) electrons. The van der Waals surface area contributed by atoms with E-state index in [4.69, 9.17) is 5.73 Å². The van der Waals surface area contributed by atoms with Crippen molar-refractivity contribution in [2.45, 2.75) is 52.6 Å². The van der Waals surface area contributed by atoms with Gasteiger partial charge in [-0.1, -0.05) is 33.8 Å². The van der Waals surface area contributed by atoms with Gasteiger partial charge in [0.2, 0.25) is 5.91 Å². The minimum absolute atomic E-state index is 0.0411. The fraction of sp³-hybridized carbons (Fsp3) is 0.714. The highest BCUT2D eigenvalue weighted by Crippen LogP contribution is 2.26. The zero-order valence-electron chi connectivity index (χ0n) is 17.7. The van der Waals surface area contributed by atoms with Crippen LogP contribution in [0.3, 0.4) is 0 Å². The van der Waals surface area contributed by atoms with Crippen molar-refractivity contribution >= 4 is 23.2 Å². The van der Waals surface area contributed by atoms with Crippen molar-refractivity contribution in [2.75, 3.05) is 32.7 Å². The van der Waals surface area contributed by atoms with E-state index >= 15 is 0 Å². The zero-order chi connectivity index (χ0) is 20.7. The second kappa shape index (κ2) is 10.9. The van der Waals surface area contributed by atoms with Crippen molar-refractivity contribution in [3.05, 3.63) is 22.4 Å². The van der Waals surface area contributed by atoms with E-state index in [0.29, 0.717) is 48.8 Å². The smallest absolute Gasteiger partial charge is 0.264 e. The summed E-state index contributed by atoms with van der Waals surface area (Å²) in [6.45, 7) is 12.4. The van der Waals surface area contributed by atoms with Crippen molar-refractivity contribution in [1.82, 2.24) is 15.1 Å². The van der Waals surface area contributed by atoms with Gasteiger partial charge in [-0.05, 0) is 36.1 Å². The molecule has 0 spiro atoms. The van der Waals surface area contributed by atoms with Gasteiger partial charge < -0.3 is 16.0 Å². The molecular formula is C21H36N4O2S. The van der Waals surface area contributed by atoms with E-state index < -0.39 is 6.04 Å². The second-order valence-electron chi connectivity index (χ2n) is 8.49. The molecule has 1 fully saturated rings. The average molecular weight is 409 g/mol. The lowest BCUT2D eigenvalue weighted by molar-refractivity contribution is -0.127. The Morgan fingerprint density at radius 3 is 2.50 bits per heavy atom. The first-order valence-corrected chi connectivity index (χ1v) is 11.3. The molecule has 1 unspecified atom stereocenters. The third kappa shape index (κ3) is 6.29. The first-order valence-electron chi connectivity index (χ1n) is 10.4. The molecule has 2 atom stereocenters. The van der Waals surface area contributed by atoms with Crippen molar-refractivity contribution in [3.63, 3.8) is 0 Å². The summed E-state index contributed by atoms with van der Waals surface area (Å²) in [4.78, 5) is 30.8. The van der Waals surface area contributed by atoms with Crippen LogP contribution in [0.5, 0.6) is 0 Å². The Kier molecular flexibility index (Phi) is 8.92. The number of nitrogens with zero attached hydrogens (tertiary/aromatic N) is 2. The Labute approximate surface area is 173 Å². The van der Waals surface area contributed by atoms with E-state index in [9.17, 15) is 9.59 Å². The molecule has 3 N–H and O–H groups in total. The molecular weight excluding hydrogens is 372 g/mol. The fourth-order valence-corrected chi connectivity index (χ4v) is 4.61. The maximum absolute atomic E-state index is 13.0. The van der Waals surface area contributed by atoms with E-state index in [1.165, 1.54) is 11.3 Å². The molecule has 0 saturated carbocycles. The zero-order valence-corrected chi connectivity index (χ0v) is 18.5. The van der Waals surface area contributed by atoms with Crippen LogP contribution in [0.15, 0.2) is 17.5 Å². The Balaban J connectivity index is 2.19. The van der Waals surface area contributed by atoms with Crippen LogP contribution in [0.1, 0.15) is 50.2 Å². The quantitative estimate of drug-likeness (QED) is 0.658. The lowest BCUT2D eigenvalue weighted by atomic mass is 9.93. The SMILES string of the molecule is CC(C)CN(CC(C)C)C1CCN(C(=O)c2cccs2)[C@@H](C(=O)NCCN)C1. The first-order chi connectivity index (χ1) is 13.3. The third-order valence-electron chi connectivity index (χ3n) is 5.03. The van der Waals surface area contributed by atoms with Gasteiger partial charge in [-0.2, -0.15) is 0 Å². The summed E-state index contributed by atoms with van der Waals surface area (Å²) in [6, 6.07) is 3.58. The van der Waals surface area contributed by atoms with Crippen molar-refractivity contribution in [1.29, 1.82) is 0 Å². The van der Waals surface area contributed by atoms with Crippen LogP contribution < -0.4 is 11.1 Å². The van der Waals surface area contributed by atoms with Crippen LogP contribution >= 0.6 is 11.3 Å².